The van der Waals surface area contributed by atoms with Crippen LogP contribution in [0.5, 0.6) is 0 Å². The van der Waals surface area contributed by atoms with Crippen LogP contribution in [-0.4, -0.2) is 87.4 Å². The van der Waals surface area contributed by atoms with Crippen molar-refractivity contribution in [1.29, 1.82) is 0 Å². The molecule has 1 N–H and O–H groups in total. The molecule has 0 aliphatic heterocycles. The number of rotatable bonds is 54. The molecule has 0 aliphatic rings. The number of carboxylic acids is 1. The number of carbonyl (C=O) groups is 3. The molecule has 0 aromatic heterocycles. The summed E-state index contributed by atoms with van der Waals surface area (Å²) in [6.07, 6.45) is 61.9. The predicted molar refractivity (Wildman–Crippen MR) is 295 cm³/mol. The zero-order valence-corrected chi connectivity index (χ0v) is 46.4. The van der Waals surface area contributed by atoms with E-state index in [1.807, 2.05) is 21.1 Å². The van der Waals surface area contributed by atoms with Gasteiger partial charge in [0.05, 0.1) is 34.4 Å². The van der Waals surface area contributed by atoms with Crippen LogP contribution in [0.2, 0.25) is 0 Å². The predicted octanol–water partition coefficient (Wildman–Crippen LogP) is 17.1. The van der Waals surface area contributed by atoms with Crippen LogP contribution >= 0.6 is 0 Å². The molecule has 0 saturated heterocycles. The van der Waals surface area contributed by atoms with Gasteiger partial charge in [-0.3, -0.25) is 9.59 Å². The van der Waals surface area contributed by atoms with E-state index in [1.165, 1.54) is 173 Å². The van der Waals surface area contributed by atoms with E-state index in [2.05, 4.69) is 62.5 Å². The quantitative estimate of drug-likeness (QED) is 0.0211. The lowest BCUT2D eigenvalue weighted by molar-refractivity contribution is -0.870. The van der Waals surface area contributed by atoms with Crippen molar-refractivity contribution in [3.63, 3.8) is 0 Å². The zero-order chi connectivity index (χ0) is 51.3. The van der Waals surface area contributed by atoms with Crippen LogP contribution < -0.4 is 0 Å². The summed E-state index contributed by atoms with van der Waals surface area (Å²) in [5.74, 6) is -1.99. The van der Waals surface area contributed by atoms with Crippen molar-refractivity contribution in [2.75, 3.05) is 47.5 Å². The van der Waals surface area contributed by atoms with Crippen LogP contribution in [0.15, 0.2) is 48.6 Å². The van der Waals surface area contributed by atoms with Crippen LogP contribution in [0.4, 0.5) is 0 Å². The number of hydrogen-bond acceptors (Lipinski definition) is 7. The summed E-state index contributed by atoms with van der Waals surface area (Å²) in [6.45, 7) is 4.80. The first kappa shape index (κ1) is 67.2. The molecule has 0 aromatic carbocycles. The minimum absolute atomic E-state index is 0.178. The number of carbonyl (C=O) groups excluding carboxylic acids is 2. The van der Waals surface area contributed by atoms with Crippen LogP contribution in [-0.2, 0) is 33.3 Å². The molecule has 0 spiro atoms. The van der Waals surface area contributed by atoms with Gasteiger partial charge in [0, 0.05) is 12.8 Å². The highest BCUT2D eigenvalue weighted by Gasteiger charge is 2.25. The second-order valence-electron chi connectivity index (χ2n) is 20.9. The third-order valence-electron chi connectivity index (χ3n) is 12.8. The summed E-state index contributed by atoms with van der Waals surface area (Å²) >= 11 is 0. The van der Waals surface area contributed by atoms with E-state index in [0.717, 1.165) is 64.2 Å². The normalized spacial score (nSPS) is 13.1. The van der Waals surface area contributed by atoms with E-state index < -0.39 is 24.3 Å². The molecular weight excluding hydrogens is 875 g/mol. The minimum atomic E-state index is -1.51. The topological polar surface area (TPSA) is 108 Å². The number of allylic oxidation sites excluding steroid dienone is 8. The molecule has 9 nitrogen and oxygen atoms in total. The van der Waals surface area contributed by atoms with Gasteiger partial charge in [0.15, 0.2) is 6.10 Å². The Bertz CT molecular complexity index is 1290. The number of carboxylic acid groups (broad SMARTS) is 1. The molecule has 0 saturated carbocycles. The number of esters is 2. The Morgan fingerprint density at radius 3 is 1.21 bits per heavy atom. The van der Waals surface area contributed by atoms with Crippen molar-refractivity contribution in [2.45, 2.75) is 277 Å². The molecule has 0 rings (SSSR count). The molecule has 9 heteroatoms. The summed E-state index contributed by atoms with van der Waals surface area (Å²) in [5, 5.41) is 9.70. The summed E-state index contributed by atoms with van der Waals surface area (Å²) in [6, 6.07) is 0. The number of ether oxygens (including phenoxy) is 4. The van der Waals surface area contributed by atoms with Crippen LogP contribution in [0.3, 0.4) is 0 Å². The van der Waals surface area contributed by atoms with Crippen LogP contribution in [0.25, 0.3) is 0 Å². The van der Waals surface area contributed by atoms with Gasteiger partial charge in [-0.1, -0.05) is 249 Å². The lowest BCUT2D eigenvalue weighted by atomic mass is 10.0. The number of quaternary nitrogens is 1. The Hall–Kier alpha value is -2.75. The Kier molecular flexibility index (Phi) is 50.5. The van der Waals surface area contributed by atoms with Gasteiger partial charge in [-0.15, -0.1) is 0 Å². The lowest BCUT2D eigenvalue weighted by Crippen LogP contribution is -2.40. The maximum atomic E-state index is 12.9. The molecule has 2 atom stereocenters. The fourth-order valence-corrected chi connectivity index (χ4v) is 8.36. The molecule has 0 radical (unpaired) electrons. The highest BCUT2D eigenvalue weighted by Crippen LogP contribution is 2.17. The molecule has 0 aromatic rings. The zero-order valence-electron chi connectivity index (χ0n) is 46.4. The molecular formula is C61H112NO8+. The number of aliphatic carboxylic acids is 1. The minimum Gasteiger partial charge on any atom is -0.477 e. The third kappa shape index (κ3) is 53.1. The fourth-order valence-electron chi connectivity index (χ4n) is 8.36. The van der Waals surface area contributed by atoms with Crippen molar-refractivity contribution >= 4 is 17.9 Å². The molecule has 0 fully saturated rings. The van der Waals surface area contributed by atoms with Gasteiger partial charge in [-0.25, -0.2) is 4.79 Å². The first-order valence-electron chi connectivity index (χ1n) is 29.3. The number of nitrogens with zero attached hydrogens (tertiary/aromatic N) is 1. The molecule has 0 aliphatic carbocycles. The van der Waals surface area contributed by atoms with Crippen LogP contribution in [0.1, 0.15) is 264 Å². The number of likely N-dealkylation sites (N-methyl/N-ethyl adjacent to an activating group) is 1. The SMILES string of the molecule is CC/C=C\C/C=C\C/C=C\C/C=C\CCCCCCCCCCCCCCCCCCC(=O)OC(COC(=O)CCCCCCCCCCCCCCCCCC)COC(OCC[N+](C)(C)C)C(=O)O. The van der Waals surface area contributed by atoms with E-state index in [1.54, 1.807) is 0 Å². The van der Waals surface area contributed by atoms with Crippen molar-refractivity contribution in [2.24, 2.45) is 0 Å². The highest BCUT2D eigenvalue weighted by atomic mass is 16.7. The Balaban J connectivity index is 4.16. The largest absolute Gasteiger partial charge is 0.477 e. The summed E-state index contributed by atoms with van der Waals surface area (Å²) in [7, 11) is 5.97. The molecule has 0 bridgehead atoms. The molecule has 0 amide bonds. The number of unbranched alkanes of at least 4 members (excludes halogenated alkanes) is 31. The monoisotopic (exact) mass is 987 g/mol. The summed E-state index contributed by atoms with van der Waals surface area (Å²) in [5.41, 5.74) is 0. The Labute approximate surface area is 432 Å². The standard InChI is InChI=1S/C61H111NO8/c1-6-8-10-12-14-16-18-20-22-24-25-26-27-28-29-30-31-32-33-34-35-36-38-40-42-44-46-48-50-52-59(64)70-57(56-69-61(60(65)66)67-54-53-62(3,4)5)55-68-58(63)51-49-47-45-43-41-39-37-23-21-19-17-15-13-11-9-7-2/h8,10,14,16,20,22,25-26,57,61H,6-7,9,11-13,15,17-19,21,23-24,27-56H2,1-5H3/p+1/b10-8-,16-14-,22-20-,26-25-. The van der Waals surface area contributed by atoms with E-state index in [-0.39, 0.29) is 32.2 Å². The Morgan fingerprint density at radius 2 is 0.814 bits per heavy atom. The summed E-state index contributed by atoms with van der Waals surface area (Å²) in [4.78, 5) is 37.4. The third-order valence-corrected chi connectivity index (χ3v) is 12.8. The average molecular weight is 988 g/mol. The first-order chi connectivity index (χ1) is 34.1. The van der Waals surface area contributed by atoms with E-state index in [0.29, 0.717) is 17.4 Å². The van der Waals surface area contributed by atoms with Gasteiger partial charge < -0.3 is 28.5 Å². The average Bonchev–Trinajstić information content (AvgIpc) is 3.33. The fraction of sp³-hybridized carbons (Fsp3) is 0.820. The maximum Gasteiger partial charge on any atom is 0.361 e. The van der Waals surface area contributed by atoms with Gasteiger partial charge in [0.2, 0.25) is 0 Å². The molecule has 0 heterocycles. The Morgan fingerprint density at radius 1 is 0.443 bits per heavy atom. The maximum absolute atomic E-state index is 12.9. The van der Waals surface area contributed by atoms with Gasteiger partial charge in [-0.05, 0) is 51.4 Å². The van der Waals surface area contributed by atoms with Crippen molar-refractivity contribution in [1.82, 2.24) is 0 Å². The van der Waals surface area contributed by atoms with E-state index >= 15 is 0 Å². The van der Waals surface area contributed by atoms with E-state index in [4.69, 9.17) is 18.9 Å². The van der Waals surface area contributed by atoms with Crippen LogP contribution in [0, 0.1) is 0 Å². The van der Waals surface area contributed by atoms with Gasteiger partial charge in [0.25, 0.3) is 6.29 Å². The highest BCUT2D eigenvalue weighted by molar-refractivity contribution is 5.71. The molecule has 2 unspecified atom stereocenters. The molecule has 70 heavy (non-hydrogen) atoms. The van der Waals surface area contributed by atoms with Gasteiger partial charge in [0.1, 0.15) is 13.2 Å². The van der Waals surface area contributed by atoms with Crippen molar-refractivity contribution < 1.29 is 42.9 Å². The second kappa shape index (κ2) is 52.6. The van der Waals surface area contributed by atoms with Crippen molar-refractivity contribution in [3.05, 3.63) is 48.6 Å². The van der Waals surface area contributed by atoms with Gasteiger partial charge in [-0.2, -0.15) is 0 Å². The van der Waals surface area contributed by atoms with Crippen molar-refractivity contribution in [3.8, 4) is 0 Å². The second-order valence-corrected chi connectivity index (χ2v) is 20.9. The summed E-state index contributed by atoms with van der Waals surface area (Å²) < 4.78 is 22.9. The van der Waals surface area contributed by atoms with Gasteiger partial charge >= 0.3 is 17.9 Å². The lowest BCUT2D eigenvalue weighted by Gasteiger charge is -2.25. The smallest absolute Gasteiger partial charge is 0.361 e. The first-order valence-corrected chi connectivity index (χ1v) is 29.3. The molecule has 408 valence electrons. The van der Waals surface area contributed by atoms with E-state index in [9.17, 15) is 19.5 Å². The number of hydrogen-bond donors (Lipinski definition) is 1.